The summed E-state index contributed by atoms with van der Waals surface area (Å²) in [4.78, 5) is 23.7. The van der Waals surface area contributed by atoms with Crippen LogP contribution in [0.25, 0.3) is 11.2 Å². The van der Waals surface area contributed by atoms with Crippen molar-refractivity contribution in [1.29, 1.82) is 0 Å². The van der Waals surface area contributed by atoms with E-state index >= 15 is 4.39 Å². The van der Waals surface area contributed by atoms with Crippen molar-refractivity contribution in [1.82, 2.24) is 19.5 Å². The molecular formula is C22H30FN5O5. The quantitative estimate of drug-likeness (QED) is 0.290. The summed E-state index contributed by atoms with van der Waals surface area (Å²) >= 11 is 0. The molecule has 1 saturated heterocycles. The number of ether oxygens (including phenoxy) is 1. The molecule has 33 heavy (non-hydrogen) atoms. The van der Waals surface area contributed by atoms with E-state index in [2.05, 4.69) is 21.9 Å². The van der Waals surface area contributed by atoms with Crippen LogP contribution in [0.1, 0.15) is 64.5 Å². The first-order valence-corrected chi connectivity index (χ1v) is 11.1. The number of halogens is 1. The molecule has 2 aromatic heterocycles. The Morgan fingerprint density at radius 3 is 2.70 bits per heavy atom. The summed E-state index contributed by atoms with van der Waals surface area (Å²) in [5, 5.41) is 31.3. The number of imidazole rings is 1. The molecule has 0 aromatic carbocycles. The number of carbonyl (C=O) groups is 1. The predicted octanol–water partition coefficient (Wildman–Crippen LogP) is 2.17. The minimum absolute atomic E-state index is 0.0536. The maximum atomic E-state index is 15.9. The number of fused-ring (bicyclic) bond motifs is 1. The molecule has 0 radical (unpaired) electrons. The Hall–Kier alpha value is -2.81. The highest BCUT2D eigenvalue weighted by Gasteiger charge is 2.65. The summed E-state index contributed by atoms with van der Waals surface area (Å²) in [6.45, 7) is 2.10. The number of nitrogens with two attached hydrogens (primary N) is 1. The van der Waals surface area contributed by atoms with Crippen LogP contribution in [0.2, 0.25) is 0 Å². The standard InChI is InChI=1S/C22H30FN5O5/c1-3-5-6-7-8-9-10-14(18(29)30)11-22(23)19(31)21(32,4-2)20(33-22)28-13-27-15-16(24)25-12-26-17(15)28/h2,12-14,19-20,31-32H,3,5-11H2,1H3,(H,29,30)(H2,24,25,26)/t14?,19-,20+,21+,22+/m0/s1. The van der Waals surface area contributed by atoms with E-state index in [1.165, 1.54) is 6.33 Å². The summed E-state index contributed by atoms with van der Waals surface area (Å²) in [6, 6.07) is 0. The maximum Gasteiger partial charge on any atom is 0.306 e. The Bertz CT molecular complexity index is 1030. The molecule has 0 bridgehead atoms. The molecule has 0 aliphatic carbocycles. The molecule has 3 heterocycles. The van der Waals surface area contributed by atoms with Crippen LogP contribution >= 0.6 is 0 Å². The van der Waals surface area contributed by atoms with Gasteiger partial charge in [-0.05, 0) is 6.42 Å². The number of carboxylic acid groups (broad SMARTS) is 1. The van der Waals surface area contributed by atoms with Crippen LogP contribution in [0.4, 0.5) is 10.2 Å². The Morgan fingerprint density at radius 1 is 1.33 bits per heavy atom. The number of aromatic nitrogens is 4. The molecule has 1 fully saturated rings. The summed E-state index contributed by atoms with van der Waals surface area (Å²) in [6.07, 6.45) is 9.17. The molecule has 180 valence electrons. The Balaban J connectivity index is 1.81. The molecule has 5 N–H and O–H groups in total. The van der Waals surface area contributed by atoms with Crippen LogP contribution in [0.15, 0.2) is 12.7 Å². The molecule has 1 aliphatic heterocycles. The second kappa shape index (κ2) is 9.99. The van der Waals surface area contributed by atoms with E-state index in [0.29, 0.717) is 6.42 Å². The van der Waals surface area contributed by atoms with Gasteiger partial charge in [-0.25, -0.2) is 19.3 Å². The average molecular weight is 464 g/mol. The number of aliphatic hydroxyl groups excluding tert-OH is 1. The minimum atomic E-state index is -2.91. The second-order valence-corrected chi connectivity index (χ2v) is 8.51. The topological polar surface area (TPSA) is 157 Å². The van der Waals surface area contributed by atoms with Crippen molar-refractivity contribution in [2.75, 3.05) is 5.73 Å². The van der Waals surface area contributed by atoms with Gasteiger partial charge in [0.15, 0.2) is 23.8 Å². The van der Waals surface area contributed by atoms with Gasteiger partial charge in [0.2, 0.25) is 11.5 Å². The number of nitrogen functional groups attached to an aromatic ring is 1. The van der Waals surface area contributed by atoms with Crippen molar-refractivity contribution in [3.05, 3.63) is 12.7 Å². The summed E-state index contributed by atoms with van der Waals surface area (Å²) < 4.78 is 22.5. The first-order chi connectivity index (χ1) is 15.7. The van der Waals surface area contributed by atoms with Gasteiger partial charge in [0.1, 0.15) is 11.8 Å². The van der Waals surface area contributed by atoms with Crippen LogP contribution < -0.4 is 5.73 Å². The highest BCUT2D eigenvalue weighted by atomic mass is 19.2. The lowest BCUT2D eigenvalue weighted by molar-refractivity contribution is -0.200. The number of alkyl halides is 1. The van der Waals surface area contributed by atoms with Crippen LogP contribution in [-0.4, -0.2) is 58.4 Å². The van der Waals surface area contributed by atoms with Gasteiger partial charge in [-0.15, -0.1) is 6.42 Å². The molecule has 3 rings (SSSR count). The third-order valence-electron chi connectivity index (χ3n) is 6.16. The zero-order chi connectivity index (χ0) is 24.2. The third kappa shape index (κ3) is 4.78. The number of nitrogens with zero attached hydrogens (tertiary/aromatic N) is 4. The SMILES string of the molecule is C#C[C@]1(O)[C@H](n2cnc3c(N)ncnc32)O[C@](F)(CC(CCCCCCCC)C(=O)O)[C@H]1O. The number of hydrogen-bond acceptors (Lipinski definition) is 8. The van der Waals surface area contributed by atoms with Gasteiger partial charge in [-0.1, -0.05) is 51.4 Å². The van der Waals surface area contributed by atoms with E-state index in [-0.39, 0.29) is 23.4 Å². The number of unbranched alkanes of at least 4 members (excludes halogenated alkanes) is 5. The smallest absolute Gasteiger partial charge is 0.306 e. The van der Waals surface area contributed by atoms with Crippen molar-refractivity contribution in [2.24, 2.45) is 5.92 Å². The van der Waals surface area contributed by atoms with Gasteiger partial charge < -0.3 is 25.8 Å². The minimum Gasteiger partial charge on any atom is -0.481 e. The van der Waals surface area contributed by atoms with Crippen molar-refractivity contribution in [3.63, 3.8) is 0 Å². The Labute approximate surface area is 191 Å². The number of aliphatic hydroxyl groups is 2. The molecule has 0 spiro atoms. The lowest BCUT2D eigenvalue weighted by Crippen LogP contribution is -2.49. The van der Waals surface area contributed by atoms with Gasteiger partial charge in [0.05, 0.1) is 12.2 Å². The molecule has 0 amide bonds. The summed E-state index contributed by atoms with van der Waals surface area (Å²) in [5.74, 6) is -3.19. The van der Waals surface area contributed by atoms with E-state index in [1.807, 2.05) is 5.92 Å². The average Bonchev–Trinajstić information content (AvgIpc) is 3.30. The fourth-order valence-electron chi connectivity index (χ4n) is 4.24. The summed E-state index contributed by atoms with van der Waals surface area (Å²) in [7, 11) is 0. The molecule has 1 aliphatic rings. The molecule has 1 unspecified atom stereocenters. The van der Waals surface area contributed by atoms with E-state index in [9.17, 15) is 20.1 Å². The molecule has 11 heteroatoms. The molecule has 0 saturated carbocycles. The number of carboxylic acids is 1. The highest BCUT2D eigenvalue weighted by Crippen LogP contribution is 2.49. The van der Waals surface area contributed by atoms with E-state index in [0.717, 1.165) is 43.0 Å². The number of terminal acetylenes is 1. The van der Waals surface area contributed by atoms with Crippen LogP contribution in [0.5, 0.6) is 0 Å². The van der Waals surface area contributed by atoms with Crippen LogP contribution in [0.3, 0.4) is 0 Å². The third-order valence-corrected chi connectivity index (χ3v) is 6.16. The van der Waals surface area contributed by atoms with Gasteiger partial charge in [0.25, 0.3) is 0 Å². The van der Waals surface area contributed by atoms with Crippen molar-refractivity contribution in [2.45, 2.75) is 82.1 Å². The monoisotopic (exact) mass is 463 g/mol. The lowest BCUT2D eigenvalue weighted by atomic mass is 9.87. The highest BCUT2D eigenvalue weighted by molar-refractivity contribution is 5.81. The molecule has 10 nitrogen and oxygen atoms in total. The van der Waals surface area contributed by atoms with Gasteiger partial charge in [-0.3, -0.25) is 9.36 Å². The molecule has 2 aromatic rings. The van der Waals surface area contributed by atoms with Gasteiger partial charge in [-0.2, -0.15) is 0 Å². The van der Waals surface area contributed by atoms with Crippen LogP contribution in [0, 0.1) is 18.3 Å². The largest absolute Gasteiger partial charge is 0.481 e. The fraction of sp³-hybridized carbons (Fsp3) is 0.636. The molecule has 5 atom stereocenters. The molecular weight excluding hydrogens is 433 g/mol. The number of aliphatic carboxylic acids is 1. The normalized spacial score (nSPS) is 28.1. The number of hydrogen-bond donors (Lipinski definition) is 4. The predicted molar refractivity (Wildman–Crippen MR) is 117 cm³/mol. The Kier molecular flexibility index (Phi) is 7.51. The number of anilines is 1. The van der Waals surface area contributed by atoms with Crippen molar-refractivity contribution < 1.29 is 29.2 Å². The Morgan fingerprint density at radius 2 is 2.03 bits per heavy atom. The number of rotatable bonds is 11. The maximum absolute atomic E-state index is 15.9. The van der Waals surface area contributed by atoms with Crippen molar-refractivity contribution >= 4 is 23.0 Å². The zero-order valence-corrected chi connectivity index (χ0v) is 18.5. The fourth-order valence-corrected chi connectivity index (χ4v) is 4.24. The zero-order valence-electron chi connectivity index (χ0n) is 18.5. The van der Waals surface area contributed by atoms with Gasteiger partial charge in [0, 0.05) is 6.42 Å². The summed E-state index contributed by atoms with van der Waals surface area (Å²) in [5.41, 5.74) is 3.55. The second-order valence-electron chi connectivity index (χ2n) is 8.51. The first-order valence-electron chi connectivity index (χ1n) is 11.1. The van der Waals surface area contributed by atoms with E-state index in [1.54, 1.807) is 0 Å². The van der Waals surface area contributed by atoms with Crippen molar-refractivity contribution in [3.8, 4) is 12.3 Å². The van der Waals surface area contributed by atoms with Crippen LogP contribution in [-0.2, 0) is 9.53 Å². The van der Waals surface area contributed by atoms with E-state index < -0.39 is 42.1 Å². The first kappa shape index (κ1) is 24.8. The van der Waals surface area contributed by atoms with Gasteiger partial charge >= 0.3 is 5.97 Å². The lowest BCUT2D eigenvalue weighted by Gasteiger charge is -2.28. The van der Waals surface area contributed by atoms with E-state index in [4.69, 9.17) is 16.9 Å².